The fourth-order valence-electron chi connectivity index (χ4n) is 3.32. The van der Waals surface area contributed by atoms with E-state index >= 15 is 0 Å². The second kappa shape index (κ2) is 8.76. The molecule has 0 atom stereocenters. The van der Waals surface area contributed by atoms with Crippen molar-refractivity contribution in [2.45, 2.75) is 19.4 Å². The van der Waals surface area contributed by atoms with Gasteiger partial charge in [0.2, 0.25) is 0 Å². The van der Waals surface area contributed by atoms with Crippen LogP contribution in [0.3, 0.4) is 0 Å². The molecule has 0 radical (unpaired) electrons. The van der Waals surface area contributed by atoms with Crippen molar-refractivity contribution in [1.82, 2.24) is 14.9 Å². The standard InChI is InChI=1S/C23H21N3OS/c27-23(20-12-13-24-21-11-5-4-10-19(20)21)26(17-22-25-14-16-28-22)15-6-9-18-7-2-1-3-8-18/h1-5,7-8,10-14,16H,6,9,15,17H2. The molecule has 0 aliphatic heterocycles. The van der Waals surface area contributed by atoms with Crippen LogP contribution in [0.15, 0.2) is 78.4 Å². The first kappa shape index (κ1) is 18.3. The summed E-state index contributed by atoms with van der Waals surface area (Å²) in [5.74, 6) is 0.0295. The normalized spacial score (nSPS) is 10.9. The van der Waals surface area contributed by atoms with E-state index in [4.69, 9.17) is 0 Å². The molecule has 1 amide bonds. The van der Waals surface area contributed by atoms with E-state index in [1.165, 1.54) is 5.56 Å². The molecular formula is C23H21N3OS. The van der Waals surface area contributed by atoms with Gasteiger partial charge in [-0.1, -0.05) is 48.5 Å². The first-order valence-corrected chi connectivity index (χ1v) is 10.2. The van der Waals surface area contributed by atoms with E-state index in [9.17, 15) is 4.79 Å². The van der Waals surface area contributed by atoms with Crippen LogP contribution in [0.2, 0.25) is 0 Å². The van der Waals surface area contributed by atoms with Gasteiger partial charge in [0.05, 0.1) is 17.6 Å². The maximum atomic E-state index is 13.4. The highest BCUT2D eigenvalue weighted by molar-refractivity contribution is 7.09. The number of aryl methyl sites for hydroxylation is 1. The van der Waals surface area contributed by atoms with Crippen LogP contribution in [0.1, 0.15) is 27.3 Å². The van der Waals surface area contributed by atoms with E-state index in [0.717, 1.165) is 28.8 Å². The summed E-state index contributed by atoms with van der Waals surface area (Å²) in [6.45, 7) is 1.21. The highest BCUT2D eigenvalue weighted by Crippen LogP contribution is 2.20. The Hall–Kier alpha value is -3.05. The van der Waals surface area contributed by atoms with Gasteiger partial charge < -0.3 is 4.90 Å². The molecule has 28 heavy (non-hydrogen) atoms. The van der Waals surface area contributed by atoms with E-state index in [1.54, 1.807) is 23.7 Å². The van der Waals surface area contributed by atoms with Crippen molar-refractivity contribution in [2.24, 2.45) is 0 Å². The van der Waals surface area contributed by atoms with E-state index in [1.807, 2.05) is 46.7 Å². The number of thiazole rings is 1. The van der Waals surface area contributed by atoms with Crippen LogP contribution >= 0.6 is 11.3 Å². The van der Waals surface area contributed by atoms with Crippen molar-refractivity contribution in [3.63, 3.8) is 0 Å². The molecule has 2 aromatic carbocycles. The summed E-state index contributed by atoms with van der Waals surface area (Å²) in [5.41, 5.74) is 2.83. The number of carbonyl (C=O) groups excluding carboxylic acids is 1. The molecule has 0 spiro atoms. The maximum absolute atomic E-state index is 13.4. The van der Waals surface area contributed by atoms with Crippen molar-refractivity contribution in [3.05, 3.63) is 94.6 Å². The monoisotopic (exact) mass is 387 g/mol. The van der Waals surface area contributed by atoms with Crippen LogP contribution in [0.4, 0.5) is 0 Å². The van der Waals surface area contributed by atoms with E-state index in [2.05, 4.69) is 34.2 Å². The molecule has 0 saturated heterocycles. The number of nitrogens with zero attached hydrogens (tertiary/aromatic N) is 3. The molecule has 0 aliphatic rings. The molecule has 0 fully saturated rings. The number of rotatable bonds is 7. The van der Waals surface area contributed by atoms with Gasteiger partial charge in [-0.15, -0.1) is 11.3 Å². The SMILES string of the molecule is O=C(c1ccnc2ccccc12)N(CCCc1ccccc1)Cc1nccs1. The Kier molecular flexibility index (Phi) is 5.73. The number of amides is 1. The third-order valence-corrected chi connectivity index (χ3v) is 5.48. The summed E-state index contributed by atoms with van der Waals surface area (Å²) in [6.07, 6.45) is 5.35. The van der Waals surface area contributed by atoms with Crippen molar-refractivity contribution in [3.8, 4) is 0 Å². The van der Waals surface area contributed by atoms with Gasteiger partial charge >= 0.3 is 0 Å². The first-order valence-electron chi connectivity index (χ1n) is 9.36. The number of aromatic nitrogens is 2. The number of para-hydroxylation sites is 1. The Bertz CT molecular complexity index is 1040. The predicted octanol–water partition coefficient (Wildman–Crippen LogP) is 4.97. The number of benzene rings is 2. The topological polar surface area (TPSA) is 46.1 Å². The number of fused-ring (bicyclic) bond motifs is 1. The second-order valence-corrected chi connectivity index (χ2v) is 7.60. The molecule has 4 aromatic rings. The minimum atomic E-state index is 0.0295. The van der Waals surface area contributed by atoms with Gasteiger partial charge in [0.1, 0.15) is 5.01 Å². The average Bonchev–Trinajstić information content (AvgIpc) is 3.26. The minimum absolute atomic E-state index is 0.0295. The van der Waals surface area contributed by atoms with Gasteiger partial charge in [0.15, 0.2) is 0 Å². The number of hydrogen-bond acceptors (Lipinski definition) is 4. The van der Waals surface area contributed by atoms with Gasteiger partial charge in [-0.2, -0.15) is 0 Å². The van der Waals surface area contributed by atoms with Gasteiger partial charge in [0.25, 0.3) is 5.91 Å². The zero-order valence-corrected chi connectivity index (χ0v) is 16.3. The number of carbonyl (C=O) groups is 1. The Morgan fingerprint density at radius 3 is 2.57 bits per heavy atom. The molecule has 5 heteroatoms. The summed E-state index contributed by atoms with van der Waals surface area (Å²) >= 11 is 1.58. The lowest BCUT2D eigenvalue weighted by molar-refractivity contribution is 0.0743. The third-order valence-electron chi connectivity index (χ3n) is 4.71. The van der Waals surface area contributed by atoms with Crippen LogP contribution in [0, 0.1) is 0 Å². The van der Waals surface area contributed by atoms with Crippen LogP contribution in [0.25, 0.3) is 10.9 Å². The highest BCUT2D eigenvalue weighted by Gasteiger charge is 2.19. The summed E-state index contributed by atoms with van der Waals surface area (Å²) in [7, 11) is 0. The molecule has 0 unspecified atom stereocenters. The Morgan fingerprint density at radius 2 is 1.75 bits per heavy atom. The van der Waals surface area contributed by atoms with Crippen molar-refractivity contribution >= 4 is 28.1 Å². The molecule has 2 aromatic heterocycles. The second-order valence-electron chi connectivity index (χ2n) is 6.62. The minimum Gasteiger partial charge on any atom is -0.332 e. The molecule has 4 rings (SSSR count). The Balaban J connectivity index is 1.56. The summed E-state index contributed by atoms with van der Waals surface area (Å²) in [5, 5.41) is 3.79. The van der Waals surface area contributed by atoms with Crippen LogP contribution in [0.5, 0.6) is 0 Å². The van der Waals surface area contributed by atoms with E-state index in [0.29, 0.717) is 18.7 Å². The third kappa shape index (κ3) is 4.26. The smallest absolute Gasteiger partial charge is 0.254 e. The highest BCUT2D eigenvalue weighted by atomic mass is 32.1. The fourth-order valence-corrected chi connectivity index (χ4v) is 3.95. The van der Waals surface area contributed by atoms with E-state index in [-0.39, 0.29) is 5.91 Å². The van der Waals surface area contributed by atoms with Crippen LogP contribution < -0.4 is 0 Å². The summed E-state index contributed by atoms with van der Waals surface area (Å²) < 4.78 is 0. The first-order chi connectivity index (χ1) is 13.8. The molecular weight excluding hydrogens is 366 g/mol. The van der Waals surface area contributed by atoms with Gasteiger partial charge in [-0.05, 0) is 30.5 Å². The lowest BCUT2D eigenvalue weighted by Gasteiger charge is -2.22. The van der Waals surface area contributed by atoms with Crippen molar-refractivity contribution in [2.75, 3.05) is 6.54 Å². The van der Waals surface area contributed by atoms with Gasteiger partial charge in [0, 0.05) is 29.7 Å². The quantitative estimate of drug-likeness (QED) is 0.450. The lowest BCUT2D eigenvalue weighted by Crippen LogP contribution is -2.32. The van der Waals surface area contributed by atoms with Crippen molar-refractivity contribution in [1.29, 1.82) is 0 Å². The van der Waals surface area contributed by atoms with E-state index < -0.39 is 0 Å². The molecule has 0 N–H and O–H groups in total. The molecule has 0 bridgehead atoms. The van der Waals surface area contributed by atoms with Crippen LogP contribution in [-0.4, -0.2) is 27.3 Å². The molecule has 0 aliphatic carbocycles. The van der Waals surface area contributed by atoms with Crippen molar-refractivity contribution < 1.29 is 4.79 Å². The maximum Gasteiger partial charge on any atom is 0.254 e. The average molecular weight is 388 g/mol. The zero-order valence-electron chi connectivity index (χ0n) is 15.5. The Labute approximate surface area is 168 Å². The van der Waals surface area contributed by atoms with Gasteiger partial charge in [-0.3, -0.25) is 9.78 Å². The zero-order chi connectivity index (χ0) is 19.2. The molecule has 140 valence electrons. The Morgan fingerprint density at radius 1 is 0.929 bits per heavy atom. The van der Waals surface area contributed by atoms with Gasteiger partial charge in [-0.25, -0.2) is 4.98 Å². The van der Waals surface area contributed by atoms with Crippen LogP contribution in [-0.2, 0) is 13.0 Å². The largest absolute Gasteiger partial charge is 0.332 e. The number of pyridine rings is 1. The summed E-state index contributed by atoms with van der Waals surface area (Å²) in [6, 6.07) is 20.0. The molecule has 4 nitrogen and oxygen atoms in total. The predicted molar refractivity (Wildman–Crippen MR) is 113 cm³/mol. The number of hydrogen-bond donors (Lipinski definition) is 0. The summed E-state index contributed by atoms with van der Waals surface area (Å²) in [4.78, 5) is 24.1. The molecule has 2 heterocycles. The molecule has 0 saturated carbocycles. The fraction of sp³-hybridized carbons (Fsp3) is 0.174. The lowest BCUT2D eigenvalue weighted by atomic mass is 10.1.